The predicted octanol–water partition coefficient (Wildman–Crippen LogP) is 17.4. The van der Waals surface area contributed by atoms with Crippen LogP contribution in [0.1, 0.15) is 254 Å². The molecule has 0 bridgehead atoms. The van der Waals surface area contributed by atoms with Gasteiger partial charge in [-0.2, -0.15) is 0 Å². The molecule has 494 valence electrons. The molecule has 89 heavy (non-hydrogen) atoms. The molecule has 1 aliphatic heterocycles. The second kappa shape index (κ2) is 28.9. The summed E-state index contributed by atoms with van der Waals surface area (Å²) in [7, 11) is -3.98. The number of esters is 2. The number of anilines is 2. The minimum atomic E-state index is -3.98. The second-order valence-corrected chi connectivity index (χ2v) is 34.8. The maximum absolute atomic E-state index is 15.2. The minimum Gasteiger partial charge on any atom is -0.542 e. The average Bonchev–Trinajstić information content (AvgIpc) is 1.90. The fraction of sp³-hybridized carbons (Fsp3) is 0.704. The van der Waals surface area contributed by atoms with Gasteiger partial charge in [0.15, 0.2) is 5.91 Å². The van der Waals surface area contributed by atoms with Gasteiger partial charge < -0.3 is 44.9 Å². The normalized spacial score (nSPS) is 23.3. The van der Waals surface area contributed by atoms with Crippen molar-refractivity contribution in [1.29, 1.82) is 0 Å². The van der Waals surface area contributed by atoms with Crippen LogP contribution in [0.4, 0.5) is 11.5 Å². The van der Waals surface area contributed by atoms with E-state index in [2.05, 4.69) is 122 Å². The van der Waals surface area contributed by atoms with E-state index < -0.39 is 50.0 Å². The molecular formula is C71H112N6O10SZn. The third-order valence-corrected chi connectivity index (χ3v) is 19.3. The summed E-state index contributed by atoms with van der Waals surface area (Å²) in [5.74, 6) is -1.49. The number of aromatic amines is 1. The Labute approximate surface area is 549 Å². The number of amidine groups is 1. The number of rotatable bonds is 13. The number of sulfonamides is 1. The van der Waals surface area contributed by atoms with Gasteiger partial charge >= 0.3 is 31.4 Å². The average molecular weight is 1310 g/mol. The first-order valence-electron chi connectivity index (χ1n) is 31.9. The van der Waals surface area contributed by atoms with Crippen LogP contribution in [0, 0.1) is 79.3 Å². The third kappa shape index (κ3) is 20.0. The Morgan fingerprint density at radius 2 is 1.08 bits per heavy atom. The van der Waals surface area contributed by atoms with Crippen LogP contribution in [0.3, 0.4) is 0 Å². The van der Waals surface area contributed by atoms with Gasteiger partial charge in [0.1, 0.15) is 33.6 Å². The van der Waals surface area contributed by atoms with E-state index in [-0.39, 0.29) is 128 Å². The van der Waals surface area contributed by atoms with Crippen molar-refractivity contribution in [2.45, 2.75) is 249 Å². The zero-order valence-electron chi connectivity index (χ0n) is 59.7. The Balaban J connectivity index is 0.000000794. The van der Waals surface area contributed by atoms with Crippen molar-refractivity contribution in [1.82, 2.24) is 4.98 Å². The number of H-pyrrole nitrogens is 1. The third-order valence-electron chi connectivity index (χ3n) is 18.0. The molecule has 4 amide bonds. The molecule has 0 radical (unpaired) electrons. The number of aliphatic imine (C=N–C) groups is 1. The molecule has 1 aromatic carbocycles. The van der Waals surface area contributed by atoms with E-state index in [1.165, 1.54) is 24.3 Å². The van der Waals surface area contributed by atoms with Gasteiger partial charge in [0, 0.05) is 51.3 Å². The summed E-state index contributed by atoms with van der Waals surface area (Å²) >= 11 is 0. The molecule has 3 aliphatic rings. The van der Waals surface area contributed by atoms with Crippen LogP contribution in [-0.4, -0.2) is 67.0 Å². The molecule has 5 rings (SSSR count). The zero-order chi connectivity index (χ0) is 67.7. The number of nitrogens with one attached hydrogen (secondary N) is 3. The number of allylic oxidation sites excluding steroid dienone is 1. The Hall–Kier alpha value is -4.96. The zero-order valence-corrected chi connectivity index (χ0v) is 63.5. The van der Waals surface area contributed by atoms with Gasteiger partial charge in [-0.05, 0) is 137 Å². The van der Waals surface area contributed by atoms with Crippen molar-refractivity contribution in [2.75, 3.05) is 10.6 Å². The molecule has 3 N–H and O–H groups in total. The van der Waals surface area contributed by atoms with Crippen molar-refractivity contribution in [3.8, 4) is 0 Å². The van der Waals surface area contributed by atoms with Crippen LogP contribution < -0.4 is 10.6 Å². The standard InChI is InChI=1S/C57H94N4O6.C14H20N2O4S.Zn/c1-30(2)40-38(58-46(60-50(64)56(19,20)21)42(40)48(62)66-44-34(52(7,8)9)25-32(5)26-35(44)53(10,11)12)29-39-41(31(3)4)43(47(59-39)61-51(65)57(22,23)24)49(63)67-45-36(54(13,14)15)27-33(6)28-37(45)55(16,17)18;1-5-14(3,4)13(18)15-11-6-8-12(9-7-11)21(19,20)16-10(2)17;/h29-37,44-45H,25-28H2,1-24H3,(H3,58,59,60,61,62,63,64,65);6-9H,5H2,1-4H3,(H2,15,16,17,18);/q;;+2/p-2. The van der Waals surface area contributed by atoms with E-state index in [4.69, 9.17) is 14.8 Å². The molecule has 18 heteroatoms. The largest absolute Gasteiger partial charge is 2.00 e. The first-order chi connectivity index (χ1) is 39.7. The first kappa shape index (κ1) is 78.3. The van der Waals surface area contributed by atoms with Crippen molar-refractivity contribution in [3.63, 3.8) is 0 Å². The van der Waals surface area contributed by atoms with Gasteiger partial charge in [0.2, 0.25) is 11.8 Å². The number of carbonyl (C=O) groups is 6. The van der Waals surface area contributed by atoms with Gasteiger partial charge in [0.05, 0.1) is 16.4 Å². The summed E-state index contributed by atoms with van der Waals surface area (Å²) < 4.78 is 40.2. The number of hydrogen-bond donors (Lipinski definition) is 3. The van der Waals surface area contributed by atoms with Gasteiger partial charge in [0.25, 0.3) is 0 Å². The van der Waals surface area contributed by atoms with Crippen molar-refractivity contribution >= 4 is 69.0 Å². The fourth-order valence-electron chi connectivity index (χ4n) is 12.2. The van der Waals surface area contributed by atoms with Crippen LogP contribution in [0.25, 0.3) is 16.1 Å². The molecule has 4 atom stereocenters. The van der Waals surface area contributed by atoms with Crippen molar-refractivity contribution in [3.05, 3.63) is 68.0 Å². The summed E-state index contributed by atoms with van der Waals surface area (Å²) in [5, 5.41) is 10.8. The maximum atomic E-state index is 15.2. The topological polar surface area (TPSA) is 235 Å². The monoisotopic (exact) mass is 1300 g/mol. The number of hydrogen-bond acceptors (Lipinski definition) is 10. The Morgan fingerprint density at radius 1 is 0.652 bits per heavy atom. The van der Waals surface area contributed by atoms with E-state index in [1.54, 1.807) is 20.8 Å². The Kier molecular flexibility index (Phi) is 25.4. The van der Waals surface area contributed by atoms with Crippen LogP contribution in [0.5, 0.6) is 0 Å². The summed E-state index contributed by atoms with van der Waals surface area (Å²) in [6.45, 7) is 56.9. The molecule has 1 aromatic heterocycles. The van der Waals surface area contributed by atoms with Gasteiger partial charge in [-0.1, -0.05) is 187 Å². The Morgan fingerprint density at radius 3 is 1.44 bits per heavy atom. The van der Waals surface area contributed by atoms with Gasteiger partial charge in [-0.25, -0.2) is 18.0 Å². The molecule has 4 unspecified atom stereocenters. The summed E-state index contributed by atoms with van der Waals surface area (Å²) in [4.78, 5) is 88.7. The fourth-order valence-corrected chi connectivity index (χ4v) is 13.1. The van der Waals surface area contributed by atoms with Crippen LogP contribution in [-0.2, 0) is 62.9 Å². The minimum absolute atomic E-state index is 0. The van der Waals surface area contributed by atoms with Crippen LogP contribution in [0.2, 0.25) is 0 Å². The van der Waals surface area contributed by atoms with Crippen molar-refractivity contribution < 1.29 is 66.1 Å². The van der Waals surface area contributed by atoms with E-state index in [9.17, 15) is 27.6 Å². The van der Waals surface area contributed by atoms with E-state index in [1.807, 2.05) is 75.3 Å². The molecule has 2 saturated carbocycles. The van der Waals surface area contributed by atoms with Crippen molar-refractivity contribution in [2.24, 2.45) is 84.3 Å². The quantitative estimate of drug-likeness (QED) is 0.127. The molecule has 2 aliphatic carbocycles. The molecule has 0 spiro atoms. The van der Waals surface area contributed by atoms with E-state index in [0.717, 1.165) is 32.6 Å². The number of ether oxygens (including phenoxy) is 2. The summed E-state index contributed by atoms with van der Waals surface area (Å²) in [6.07, 6.45) is 5.52. The number of nitrogens with zero attached hydrogens (tertiary/aromatic N) is 3. The van der Waals surface area contributed by atoms with Gasteiger partial charge in [-0.15, -0.1) is 0 Å². The Bertz CT molecular complexity index is 3060. The second-order valence-electron chi connectivity index (χ2n) is 33.2. The molecule has 2 heterocycles. The molecule has 16 nitrogen and oxygen atoms in total. The van der Waals surface area contributed by atoms with E-state index >= 15 is 9.59 Å². The van der Waals surface area contributed by atoms with E-state index in [0.29, 0.717) is 46.5 Å². The predicted molar refractivity (Wildman–Crippen MR) is 356 cm³/mol. The number of amides is 4. The SMILES string of the molecule is CC1CC(C(C)(C)C)C(OC(=O)C2=C(C(C)C)/C(=C/c3[nH]c(NC(=O)C(C)(C)C)c(C(=O)OC4C(C(C)(C)C)CC(C)CC4C(C)(C)C)c3C(C)C)[N-]C2=NC(=O)C(C)(C)C)C(C(C)(C)C)C1.CCC(C)(C)C(=O)Nc1ccc(S(=O)(=O)[N-]C(C)=O)cc1.[Zn+2]. The summed E-state index contributed by atoms with van der Waals surface area (Å²) in [6, 6.07) is 5.53. The number of aromatic nitrogens is 1. The molecular weight excluding hydrogens is 1190 g/mol. The maximum Gasteiger partial charge on any atom is 2.00 e. The summed E-state index contributed by atoms with van der Waals surface area (Å²) in [5.41, 5.74) is 0.500. The molecule has 2 aromatic rings. The van der Waals surface area contributed by atoms with Gasteiger partial charge in [-0.3, -0.25) is 14.4 Å². The van der Waals surface area contributed by atoms with Crippen LogP contribution >= 0.6 is 0 Å². The van der Waals surface area contributed by atoms with Crippen LogP contribution in [0.15, 0.2) is 51.0 Å². The molecule has 2 fully saturated rings. The number of benzene rings is 1. The first-order valence-corrected chi connectivity index (χ1v) is 33.4. The smallest absolute Gasteiger partial charge is 0.542 e. The number of carbonyl (C=O) groups excluding carboxylic acids is 6. The molecule has 0 saturated heterocycles.